The molecule has 0 spiro atoms. The van der Waals surface area contributed by atoms with E-state index in [1.54, 1.807) is 54.6 Å². The van der Waals surface area contributed by atoms with Crippen LogP contribution in [0.1, 0.15) is 16.8 Å². The number of nitrogens with one attached hydrogen (secondary N) is 2. The summed E-state index contributed by atoms with van der Waals surface area (Å²) in [6.07, 6.45) is -0.0891. The summed E-state index contributed by atoms with van der Waals surface area (Å²) in [5.41, 5.74) is 3.48. The third kappa shape index (κ3) is 4.94. The number of amides is 3. The van der Waals surface area contributed by atoms with Crippen molar-refractivity contribution in [3.05, 3.63) is 66.2 Å². The highest BCUT2D eigenvalue weighted by Gasteiger charge is 2.36. The lowest BCUT2D eigenvalue weighted by Gasteiger charge is -2.17. The molecule has 1 unspecified atom stereocenters. The maximum absolute atomic E-state index is 12.2. The minimum absolute atomic E-state index is 0.00343. The molecule has 1 heterocycles. The molecule has 0 aromatic heterocycles. The van der Waals surface area contributed by atoms with Gasteiger partial charge in [-0.15, -0.1) is 0 Å². The van der Waals surface area contributed by atoms with E-state index < -0.39 is 30.3 Å². The number of ether oxygens (including phenoxy) is 1. The molecule has 1 atom stereocenters. The lowest BCUT2D eigenvalue weighted by molar-refractivity contribution is -0.151. The minimum Gasteiger partial charge on any atom is -0.455 e. The van der Waals surface area contributed by atoms with Gasteiger partial charge in [-0.1, -0.05) is 36.4 Å². The Kier molecular flexibility index (Phi) is 6.01. The third-order valence-corrected chi connectivity index (χ3v) is 4.13. The zero-order valence-corrected chi connectivity index (χ0v) is 15.0. The second-order valence-corrected chi connectivity index (χ2v) is 6.23. The van der Waals surface area contributed by atoms with Crippen molar-refractivity contribution in [2.45, 2.75) is 6.42 Å². The van der Waals surface area contributed by atoms with Gasteiger partial charge in [0, 0.05) is 17.7 Å². The molecule has 3 rings (SSSR count). The van der Waals surface area contributed by atoms with Crippen molar-refractivity contribution in [1.29, 1.82) is 0 Å². The Balaban J connectivity index is 1.47. The predicted octanol–water partition coefficient (Wildman–Crippen LogP) is 1.36. The second kappa shape index (κ2) is 8.81. The first-order valence-electron chi connectivity index (χ1n) is 8.71. The molecule has 1 saturated heterocycles. The lowest BCUT2D eigenvalue weighted by atomic mass is 10.1. The molecule has 3 amide bonds. The Bertz CT molecular complexity index is 870. The van der Waals surface area contributed by atoms with Crippen LogP contribution in [0.4, 0.5) is 5.69 Å². The van der Waals surface area contributed by atoms with E-state index in [9.17, 15) is 19.2 Å². The van der Waals surface area contributed by atoms with Crippen molar-refractivity contribution in [3.8, 4) is 0 Å². The molecule has 1 aliphatic rings. The maximum atomic E-state index is 12.2. The number of carbonyl (C=O) groups is 4. The van der Waals surface area contributed by atoms with Gasteiger partial charge in [0.25, 0.3) is 11.8 Å². The Morgan fingerprint density at radius 2 is 1.64 bits per heavy atom. The van der Waals surface area contributed by atoms with Crippen LogP contribution in [0.25, 0.3) is 0 Å². The predicted molar refractivity (Wildman–Crippen MR) is 99.8 cm³/mol. The van der Waals surface area contributed by atoms with Gasteiger partial charge in [0.15, 0.2) is 6.61 Å². The van der Waals surface area contributed by atoms with Crippen LogP contribution in [-0.4, -0.2) is 41.9 Å². The number of para-hydroxylation sites is 1. The van der Waals surface area contributed by atoms with Gasteiger partial charge in [0.2, 0.25) is 5.91 Å². The summed E-state index contributed by atoms with van der Waals surface area (Å²) in [6, 6.07) is 17.2. The zero-order chi connectivity index (χ0) is 19.9. The molecular formula is C20H19N3O5. The lowest BCUT2D eigenvalue weighted by Crippen LogP contribution is -2.43. The Morgan fingerprint density at radius 1 is 1.00 bits per heavy atom. The zero-order valence-electron chi connectivity index (χ0n) is 15.0. The van der Waals surface area contributed by atoms with Crippen LogP contribution in [0, 0.1) is 5.92 Å². The Labute approximate surface area is 161 Å². The molecular weight excluding hydrogens is 362 g/mol. The van der Waals surface area contributed by atoms with Gasteiger partial charge in [-0.3, -0.25) is 29.6 Å². The van der Waals surface area contributed by atoms with Crippen molar-refractivity contribution in [1.82, 2.24) is 10.4 Å². The van der Waals surface area contributed by atoms with Gasteiger partial charge in [-0.25, -0.2) is 0 Å². The van der Waals surface area contributed by atoms with Gasteiger partial charge >= 0.3 is 5.97 Å². The molecule has 2 aromatic carbocycles. The van der Waals surface area contributed by atoms with Crippen LogP contribution in [0.3, 0.4) is 0 Å². The second-order valence-electron chi connectivity index (χ2n) is 6.23. The first kappa shape index (κ1) is 19.1. The average molecular weight is 381 g/mol. The molecule has 2 aromatic rings. The van der Waals surface area contributed by atoms with E-state index in [2.05, 4.69) is 10.7 Å². The monoisotopic (exact) mass is 381 g/mol. The van der Waals surface area contributed by atoms with E-state index in [0.29, 0.717) is 11.3 Å². The van der Waals surface area contributed by atoms with Crippen LogP contribution in [0.5, 0.6) is 0 Å². The van der Waals surface area contributed by atoms with Crippen molar-refractivity contribution in [3.63, 3.8) is 0 Å². The number of hydrazine groups is 1. The van der Waals surface area contributed by atoms with E-state index in [4.69, 9.17) is 4.74 Å². The summed E-state index contributed by atoms with van der Waals surface area (Å²) in [6.45, 7) is -0.453. The van der Waals surface area contributed by atoms with Gasteiger partial charge in [0.05, 0.1) is 12.5 Å². The maximum Gasteiger partial charge on any atom is 0.311 e. The molecule has 0 saturated carbocycles. The van der Waals surface area contributed by atoms with E-state index in [-0.39, 0.29) is 18.9 Å². The molecule has 8 nitrogen and oxygen atoms in total. The molecule has 8 heteroatoms. The van der Waals surface area contributed by atoms with Crippen LogP contribution < -0.4 is 10.7 Å². The summed E-state index contributed by atoms with van der Waals surface area (Å²) in [5, 5.41) is 3.70. The van der Waals surface area contributed by atoms with Crippen molar-refractivity contribution in [2.75, 3.05) is 18.5 Å². The summed E-state index contributed by atoms with van der Waals surface area (Å²) in [7, 11) is 0. The Hall–Kier alpha value is -3.68. The number of carbonyl (C=O) groups excluding carboxylic acids is 4. The number of hydrogen-bond acceptors (Lipinski definition) is 5. The number of hydrogen-bond donors (Lipinski definition) is 2. The molecule has 1 fully saturated rings. The largest absolute Gasteiger partial charge is 0.455 e. The number of nitrogens with zero attached hydrogens (tertiary/aromatic N) is 1. The fraction of sp³-hybridized carbons (Fsp3) is 0.200. The fourth-order valence-electron chi connectivity index (χ4n) is 2.72. The highest BCUT2D eigenvalue weighted by atomic mass is 16.5. The van der Waals surface area contributed by atoms with Crippen molar-refractivity contribution in [2.24, 2.45) is 5.92 Å². The van der Waals surface area contributed by atoms with Crippen LogP contribution in [0.15, 0.2) is 60.7 Å². The van der Waals surface area contributed by atoms with E-state index in [0.717, 1.165) is 5.01 Å². The first-order chi connectivity index (χ1) is 13.5. The van der Waals surface area contributed by atoms with E-state index in [1.165, 1.54) is 0 Å². The van der Waals surface area contributed by atoms with Crippen LogP contribution >= 0.6 is 0 Å². The molecule has 0 aliphatic carbocycles. The molecule has 0 bridgehead atoms. The summed E-state index contributed by atoms with van der Waals surface area (Å²) < 4.78 is 5.00. The first-order valence-corrected chi connectivity index (χ1v) is 8.71. The van der Waals surface area contributed by atoms with E-state index in [1.807, 2.05) is 6.07 Å². The highest BCUT2D eigenvalue weighted by Crippen LogP contribution is 2.18. The van der Waals surface area contributed by atoms with Gasteiger partial charge in [-0.2, -0.15) is 0 Å². The average Bonchev–Trinajstić information content (AvgIpc) is 3.08. The van der Waals surface area contributed by atoms with Crippen LogP contribution in [-0.2, 0) is 19.1 Å². The Morgan fingerprint density at radius 3 is 2.32 bits per heavy atom. The smallest absolute Gasteiger partial charge is 0.311 e. The summed E-state index contributed by atoms with van der Waals surface area (Å²) >= 11 is 0. The highest BCUT2D eigenvalue weighted by molar-refractivity contribution is 5.97. The molecule has 0 radical (unpaired) electrons. The van der Waals surface area contributed by atoms with Gasteiger partial charge in [0.1, 0.15) is 0 Å². The number of esters is 1. The minimum atomic E-state index is -0.743. The molecule has 2 N–H and O–H groups in total. The normalized spacial score (nSPS) is 15.8. The molecule has 144 valence electrons. The van der Waals surface area contributed by atoms with Crippen LogP contribution in [0.2, 0.25) is 0 Å². The van der Waals surface area contributed by atoms with E-state index >= 15 is 0 Å². The summed E-state index contributed by atoms with van der Waals surface area (Å²) in [5.74, 6) is -2.70. The topological polar surface area (TPSA) is 105 Å². The van der Waals surface area contributed by atoms with Gasteiger partial charge < -0.3 is 10.1 Å². The number of benzene rings is 2. The fourth-order valence-corrected chi connectivity index (χ4v) is 2.72. The number of anilines is 1. The molecule has 28 heavy (non-hydrogen) atoms. The summed E-state index contributed by atoms with van der Waals surface area (Å²) in [4.78, 5) is 48.2. The third-order valence-electron chi connectivity index (χ3n) is 4.13. The SMILES string of the molecule is O=C(COC(=O)C1CC(=O)N(NC(=O)c2ccccc2)C1)Nc1ccccc1. The standard InChI is InChI=1S/C20H19N3O5/c24-17(21-16-9-5-2-6-10-16)13-28-20(27)15-11-18(25)23(12-15)22-19(26)14-7-3-1-4-8-14/h1-10,15H,11-13H2,(H,21,24)(H,22,26). The van der Waals surface area contributed by atoms with Gasteiger partial charge in [-0.05, 0) is 24.3 Å². The van der Waals surface area contributed by atoms with Crippen molar-refractivity contribution < 1.29 is 23.9 Å². The van der Waals surface area contributed by atoms with Crippen molar-refractivity contribution >= 4 is 29.4 Å². The quantitative estimate of drug-likeness (QED) is 0.735. The molecule has 1 aliphatic heterocycles. The number of rotatable bonds is 6.